The maximum atomic E-state index is 11.6. The predicted molar refractivity (Wildman–Crippen MR) is 59.7 cm³/mol. The van der Waals surface area contributed by atoms with Gasteiger partial charge in [0.15, 0.2) is 0 Å². The van der Waals surface area contributed by atoms with Gasteiger partial charge in [-0.1, -0.05) is 13.8 Å². The lowest BCUT2D eigenvalue weighted by Crippen LogP contribution is -2.46. The number of carbonyl (C=O) groups is 2. The van der Waals surface area contributed by atoms with E-state index in [2.05, 4.69) is 5.32 Å². The minimum atomic E-state index is -0.997. The van der Waals surface area contributed by atoms with Crippen LogP contribution < -0.4 is 11.1 Å². The quantitative estimate of drug-likeness (QED) is 0.611. The number of amides is 1. The van der Waals surface area contributed by atoms with E-state index in [1.54, 1.807) is 13.8 Å². The lowest BCUT2D eigenvalue weighted by Gasteiger charge is -2.19. The zero-order chi connectivity index (χ0) is 12.3. The van der Waals surface area contributed by atoms with Gasteiger partial charge in [0.25, 0.3) is 0 Å². The van der Waals surface area contributed by atoms with Crippen LogP contribution >= 0.6 is 0 Å². The highest BCUT2D eigenvalue weighted by atomic mass is 16.4. The zero-order valence-corrected chi connectivity index (χ0v) is 9.77. The minimum absolute atomic E-state index is 0.124. The van der Waals surface area contributed by atoms with Crippen LogP contribution in [0, 0.1) is 11.8 Å². The first-order valence-corrected chi connectivity index (χ1v) is 5.69. The van der Waals surface area contributed by atoms with E-state index in [4.69, 9.17) is 10.8 Å². The molecule has 1 saturated carbocycles. The van der Waals surface area contributed by atoms with Crippen molar-refractivity contribution in [1.82, 2.24) is 5.32 Å². The van der Waals surface area contributed by atoms with Gasteiger partial charge in [-0.15, -0.1) is 0 Å². The molecule has 16 heavy (non-hydrogen) atoms. The van der Waals surface area contributed by atoms with E-state index in [1.807, 2.05) is 0 Å². The number of aliphatic carboxylic acids is 1. The Labute approximate surface area is 95.4 Å². The number of carbonyl (C=O) groups excluding carboxylic acids is 1. The fourth-order valence-corrected chi connectivity index (χ4v) is 1.65. The van der Waals surface area contributed by atoms with Gasteiger partial charge >= 0.3 is 5.97 Å². The van der Waals surface area contributed by atoms with Crippen LogP contribution in [0.15, 0.2) is 0 Å². The molecule has 0 saturated heterocycles. The molecule has 1 aliphatic carbocycles. The molecule has 0 aliphatic heterocycles. The molecule has 0 aromatic rings. The Bertz CT molecular complexity index is 274. The standard InChI is InChI=1S/C11H20N2O3/c1-6(2)10(11(15)16)13-9(14)5-8(12)7-3-4-7/h6-8,10H,3-5,12H2,1-2H3,(H,13,14)(H,15,16). The first-order valence-electron chi connectivity index (χ1n) is 5.69. The summed E-state index contributed by atoms with van der Waals surface area (Å²) in [7, 11) is 0. The summed E-state index contributed by atoms with van der Waals surface area (Å²) in [6.07, 6.45) is 2.39. The van der Waals surface area contributed by atoms with Gasteiger partial charge in [-0.2, -0.15) is 0 Å². The smallest absolute Gasteiger partial charge is 0.326 e. The molecular weight excluding hydrogens is 208 g/mol. The van der Waals surface area contributed by atoms with Crippen molar-refractivity contribution in [3.8, 4) is 0 Å². The van der Waals surface area contributed by atoms with Gasteiger partial charge in [-0.05, 0) is 24.7 Å². The fraction of sp³-hybridized carbons (Fsp3) is 0.818. The summed E-state index contributed by atoms with van der Waals surface area (Å²) in [5.41, 5.74) is 5.80. The highest BCUT2D eigenvalue weighted by Gasteiger charge is 2.31. The van der Waals surface area contributed by atoms with Crippen LogP contribution in [0.5, 0.6) is 0 Å². The molecule has 0 aromatic heterocycles. The molecule has 92 valence electrons. The molecule has 4 N–H and O–H groups in total. The van der Waals surface area contributed by atoms with Crippen molar-refractivity contribution in [2.45, 2.75) is 45.2 Å². The summed E-state index contributed by atoms with van der Waals surface area (Å²) in [4.78, 5) is 22.4. The molecule has 2 unspecified atom stereocenters. The second-order valence-corrected chi connectivity index (χ2v) is 4.83. The lowest BCUT2D eigenvalue weighted by atomic mass is 10.0. The number of nitrogens with one attached hydrogen (secondary N) is 1. The first kappa shape index (κ1) is 13.0. The fourth-order valence-electron chi connectivity index (χ4n) is 1.65. The Morgan fingerprint density at radius 2 is 2.00 bits per heavy atom. The number of hydrogen-bond donors (Lipinski definition) is 3. The van der Waals surface area contributed by atoms with Gasteiger partial charge in [0, 0.05) is 12.5 Å². The van der Waals surface area contributed by atoms with Crippen molar-refractivity contribution in [2.24, 2.45) is 17.6 Å². The third kappa shape index (κ3) is 3.81. The molecular formula is C11H20N2O3. The highest BCUT2D eigenvalue weighted by molar-refractivity contribution is 5.84. The van der Waals surface area contributed by atoms with Crippen LogP contribution in [0.2, 0.25) is 0 Å². The van der Waals surface area contributed by atoms with Crippen molar-refractivity contribution in [2.75, 3.05) is 0 Å². The topological polar surface area (TPSA) is 92.4 Å². The van der Waals surface area contributed by atoms with Crippen molar-refractivity contribution >= 4 is 11.9 Å². The third-order valence-corrected chi connectivity index (χ3v) is 2.90. The maximum Gasteiger partial charge on any atom is 0.326 e. The van der Waals surface area contributed by atoms with E-state index in [-0.39, 0.29) is 24.3 Å². The molecule has 0 spiro atoms. The second-order valence-electron chi connectivity index (χ2n) is 4.83. The molecule has 5 nitrogen and oxygen atoms in total. The number of carboxylic acid groups (broad SMARTS) is 1. The second kappa shape index (κ2) is 5.30. The van der Waals surface area contributed by atoms with E-state index in [1.165, 1.54) is 0 Å². The maximum absolute atomic E-state index is 11.6. The van der Waals surface area contributed by atoms with Crippen LogP contribution in [0.1, 0.15) is 33.1 Å². The van der Waals surface area contributed by atoms with Gasteiger partial charge in [-0.25, -0.2) is 4.79 Å². The van der Waals surface area contributed by atoms with Crippen LogP contribution in [0.4, 0.5) is 0 Å². The zero-order valence-electron chi connectivity index (χ0n) is 9.77. The number of rotatable bonds is 6. The molecule has 1 amide bonds. The monoisotopic (exact) mass is 228 g/mol. The minimum Gasteiger partial charge on any atom is -0.480 e. The van der Waals surface area contributed by atoms with Crippen LogP contribution in [0.3, 0.4) is 0 Å². The van der Waals surface area contributed by atoms with Crippen molar-refractivity contribution in [1.29, 1.82) is 0 Å². The molecule has 2 atom stereocenters. The summed E-state index contributed by atoms with van der Waals surface area (Å²) in [5, 5.41) is 11.4. The Hall–Kier alpha value is -1.10. The Morgan fingerprint density at radius 3 is 2.38 bits per heavy atom. The van der Waals surface area contributed by atoms with Gasteiger partial charge < -0.3 is 16.2 Å². The van der Waals surface area contributed by atoms with E-state index in [0.29, 0.717) is 5.92 Å². The summed E-state index contributed by atoms with van der Waals surface area (Å²) in [6.45, 7) is 3.53. The Kier molecular flexibility index (Phi) is 4.29. The molecule has 0 bridgehead atoms. The molecule has 0 aromatic carbocycles. The molecule has 1 aliphatic rings. The largest absolute Gasteiger partial charge is 0.480 e. The van der Waals surface area contributed by atoms with E-state index < -0.39 is 12.0 Å². The number of carboxylic acids is 1. The number of nitrogens with two attached hydrogens (primary N) is 1. The van der Waals surface area contributed by atoms with Crippen LogP contribution in [-0.4, -0.2) is 29.1 Å². The van der Waals surface area contributed by atoms with Gasteiger partial charge in [0.1, 0.15) is 6.04 Å². The predicted octanol–water partition coefficient (Wildman–Crippen LogP) is 0.339. The summed E-state index contributed by atoms with van der Waals surface area (Å²) >= 11 is 0. The van der Waals surface area contributed by atoms with E-state index in [9.17, 15) is 9.59 Å². The average molecular weight is 228 g/mol. The first-order chi connectivity index (χ1) is 7.41. The van der Waals surface area contributed by atoms with Crippen molar-refractivity contribution in [3.05, 3.63) is 0 Å². The molecule has 1 fully saturated rings. The summed E-state index contributed by atoms with van der Waals surface area (Å²) < 4.78 is 0. The summed E-state index contributed by atoms with van der Waals surface area (Å²) in [5.74, 6) is -0.935. The van der Waals surface area contributed by atoms with Gasteiger partial charge in [0.2, 0.25) is 5.91 Å². The molecule has 5 heteroatoms. The Morgan fingerprint density at radius 1 is 1.44 bits per heavy atom. The van der Waals surface area contributed by atoms with E-state index >= 15 is 0 Å². The Balaban J connectivity index is 2.38. The lowest BCUT2D eigenvalue weighted by molar-refractivity contribution is -0.143. The average Bonchev–Trinajstić information content (AvgIpc) is 2.95. The van der Waals surface area contributed by atoms with Crippen LogP contribution in [-0.2, 0) is 9.59 Å². The van der Waals surface area contributed by atoms with Crippen molar-refractivity contribution < 1.29 is 14.7 Å². The SMILES string of the molecule is CC(C)C(NC(=O)CC(N)C1CC1)C(=O)O. The van der Waals surface area contributed by atoms with E-state index in [0.717, 1.165) is 12.8 Å². The summed E-state index contributed by atoms with van der Waals surface area (Å²) in [6, 6.07) is -0.944. The normalized spacial score (nSPS) is 19.2. The highest BCUT2D eigenvalue weighted by Crippen LogP contribution is 2.32. The van der Waals surface area contributed by atoms with Gasteiger partial charge in [0.05, 0.1) is 0 Å². The number of hydrogen-bond acceptors (Lipinski definition) is 3. The van der Waals surface area contributed by atoms with Gasteiger partial charge in [-0.3, -0.25) is 4.79 Å². The third-order valence-electron chi connectivity index (χ3n) is 2.90. The van der Waals surface area contributed by atoms with Crippen molar-refractivity contribution in [3.63, 3.8) is 0 Å². The molecule has 0 radical (unpaired) electrons. The van der Waals surface area contributed by atoms with Crippen LogP contribution in [0.25, 0.3) is 0 Å². The molecule has 0 heterocycles. The molecule has 1 rings (SSSR count).